The molecule has 4 nitrogen and oxygen atoms in total. The first-order valence-electron chi connectivity index (χ1n) is 5.53. The summed E-state index contributed by atoms with van der Waals surface area (Å²) in [6, 6.07) is 0. The number of ether oxygens (including phenoxy) is 2. The van der Waals surface area contributed by atoms with Gasteiger partial charge in [0.1, 0.15) is 6.10 Å². The van der Waals surface area contributed by atoms with Crippen molar-refractivity contribution in [1.82, 2.24) is 0 Å². The highest BCUT2D eigenvalue weighted by Crippen LogP contribution is 2.17. The molecule has 0 aliphatic carbocycles. The Bertz CT molecular complexity index is 160. The third kappa shape index (κ3) is 5.63. The van der Waals surface area contributed by atoms with Gasteiger partial charge in [-0.1, -0.05) is 6.92 Å². The smallest absolute Gasteiger partial charge is 0.323 e. The molecule has 0 aromatic heterocycles. The van der Waals surface area contributed by atoms with Gasteiger partial charge >= 0.3 is 9.28 Å². The Morgan fingerprint density at radius 1 is 1.40 bits per heavy atom. The molecule has 1 aliphatic rings. The molecule has 1 fully saturated rings. The third-order valence-electron chi connectivity index (χ3n) is 2.58. The van der Waals surface area contributed by atoms with Gasteiger partial charge in [0.25, 0.3) is 0 Å². The number of epoxide rings is 1. The molecule has 1 saturated heterocycles. The fourth-order valence-electron chi connectivity index (χ4n) is 1.58. The topological polar surface area (TPSA) is 40.2 Å². The van der Waals surface area contributed by atoms with Crippen LogP contribution in [0.2, 0.25) is 5.54 Å². The summed E-state index contributed by atoms with van der Waals surface area (Å²) < 4.78 is 21.2. The van der Waals surface area contributed by atoms with Gasteiger partial charge in [-0.05, 0) is 18.4 Å². The van der Waals surface area contributed by atoms with E-state index in [1.807, 2.05) is 0 Å². The molecule has 0 amide bonds. The van der Waals surface area contributed by atoms with Crippen molar-refractivity contribution >= 4 is 9.28 Å². The molecule has 1 heterocycles. The van der Waals surface area contributed by atoms with Crippen LogP contribution in [0.3, 0.4) is 0 Å². The summed E-state index contributed by atoms with van der Waals surface area (Å²) in [5.41, 5.74) is 0.542. The average molecular weight is 234 g/mol. The van der Waals surface area contributed by atoms with Crippen molar-refractivity contribution in [2.75, 3.05) is 34.0 Å². The molecule has 2 unspecified atom stereocenters. The lowest BCUT2D eigenvalue weighted by molar-refractivity contribution is 0.112. The molecule has 0 radical (unpaired) electrons. The molecule has 0 spiro atoms. The van der Waals surface area contributed by atoms with Crippen LogP contribution in [0.25, 0.3) is 0 Å². The van der Waals surface area contributed by atoms with E-state index in [4.69, 9.17) is 18.3 Å². The average Bonchev–Trinajstić information content (AvgIpc) is 3.03. The van der Waals surface area contributed by atoms with Gasteiger partial charge in [0, 0.05) is 20.8 Å². The summed E-state index contributed by atoms with van der Waals surface area (Å²) in [5.74, 6) is 0. The standard InChI is InChI=1S/C10H22O4Si/c1-9(15(11-2)12-3)5-4-6-13-7-10-8-14-10/h9-10,15H,4-8H2,1-3H3. The Morgan fingerprint density at radius 3 is 2.60 bits per heavy atom. The first kappa shape index (κ1) is 13.1. The zero-order valence-corrected chi connectivity index (χ0v) is 11.1. The van der Waals surface area contributed by atoms with E-state index in [0.29, 0.717) is 11.6 Å². The molecule has 0 aromatic carbocycles. The van der Waals surface area contributed by atoms with Crippen LogP contribution < -0.4 is 0 Å². The monoisotopic (exact) mass is 234 g/mol. The molecular formula is C10H22O4Si. The van der Waals surface area contributed by atoms with Crippen LogP contribution in [0, 0.1) is 0 Å². The molecule has 1 aliphatic heterocycles. The van der Waals surface area contributed by atoms with Crippen molar-refractivity contribution < 1.29 is 18.3 Å². The van der Waals surface area contributed by atoms with E-state index < -0.39 is 9.28 Å². The minimum absolute atomic E-state index is 0.377. The van der Waals surface area contributed by atoms with Crippen LogP contribution in [0.4, 0.5) is 0 Å². The quantitative estimate of drug-likeness (QED) is 0.340. The van der Waals surface area contributed by atoms with Crippen molar-refractivity contribution in [2.45, 2.75) is 31.4 Å². The Kier molecular flexibility index (Phi) is 6.43. The molecule has 2 atom stereocenters. The van der Waals surface area contributed by atoms with Crippen LogP contribution in [-0.4, -0.2) is 49.4 Å². The third-order valence-corrected chi connectivity index (χ3v) is 4.78. The van der Waals surface area contributed by atoms with E-state index in [1.165, 1.54) is 0 Å². The number of hydrogen-bond acceptors (Lipinski definition) is 4. The van der Waals surface area contributed by atoms with E-state index in [0.717, 1.165) is 32.7 Å². The highest BCUT2D eigenvalue weighted by Gasteiger charge is 2.22. The molecule has 15 heavy (non-hydrogen) atoms. The lowest BCUT2D eigenvalue weighted by atomic mass is 10.2. The molecule has 90 valence electrons. The molecular weight excluding hydrogens is 212 g/mol. The minimum Gasteiger partial charge on any atom is -0.400 e. The Hall–Kier alpha value is 0.0569. The Morgan fingerprint density at radius 2 is 2.07 bits per heavy atom. The highest BCUT2D eigenvalue weighted by molar-refractivity contribution is 6.46. The molecule has 0 N–H and O–H groups in total. The van der Waals surface area contributed by atoms with Gasteiger partial charge in [0.2, 0.25) is 0 Å². The maximum Gasteiger partial charge on any atom is 0.323 e. The summed E-state index contributed by atoms with van der Waals surface area (Å²) >= 11 is 0. The SMILES string of the molecule is CO[SiH](OC)C(C)CCCOCC1CO1. The number of rotatable bonds is 9. The highest BCUT2D eigenvalue weighted by atomic mass is 28.3. The maximum atomic E-state index is 5.46. The van der Waals surface area contributed by atoms with Crippen LogP contribution in [0.15, 0.2) is 0 Å². The number of hydrogen-bond donors (Lipinski definition) is 0. The fraction of sp³-hybridized carbons (Fsp3) is 1.00. The summed E-state index contributed by atoms with van der Waals surface area (Å²) in [5, 5.41) is 0. The normalized spacial score (nSPS) is 22.0. The molecule has 0 aromatic rings. The van der Waals surface area contributed by atoms with Gasteiger partial charge in [-0.25, -0.2) is 0 Å². The van der Waals surface area contributed by atoms with Gasteiger partial charge in [0.15, 0.2) is 0 Å². The van der Waals surface area contributed by atoms with E-state index in [9.17, 15) is 0 Å². The molecule has 5 heteroatoms. The first-order valence-corrected chi connectivity index (χ1v) is 7.13. The minimum atomic E-state index is -1.43. The fourth-order valence-corrected chi connectivity index (χ4v) is 3.21. The van der Waals surface area contributed by atoms with Crippen molar-refractivity contribution in [3.05, 3.63) is 0 Å². The van der Waals surface area contributed by atoms with Crippen molar-refractivity contribution in [3.63, 3.8) is 0 Å². The summed E-state index contributed by atoms with van der Waals surface area (Å²) in [6.45, 7) is 4.63. The van der Waals surface area contributed by atoms with Gasteiger partial charge < -0.3 is 18.3 Å². The molecule has 0 saturated carbocycles. The summed E-state index contributed by atoms with van der Waals surface area (Å²) in [6.07, 6.45) is 2.57. The maximum absolute atomic E-state index is 5.46. The van der Waals surface area contributed by atoms with Crippen LogP contribution in [0.5, 0.6) is 0 Å². The van der Waals surface area contributed by atoms with Gasteiger partial charge in [0.05, 0.1) is 13.2 Å². The zero-order valence-electron chi connectivity index (χ0n) is 9.90. The van der Waals surface area contributed by atoms with Crippen LogP contribution in [0.1, 0.15) is 19.8 Å². The lowest BCUT2D eigenvalue weighted by Crippen LogP contribution is -2.24. The van der Waals surface area contributed by atoms with Crippen molar-refractivity contribution in [2.24, 2.45) is 0 Å². The predicted octanol–water partition coefficient (Wildman–Crippen LogP) is 1.09. The van der Waals surface area contributed by atoms with Crippen molar-refractivity contribution in [3.8, 4) is 0 Å². The van der Waals surface area contributed by atoms with E-state index in [1.54, 1.807) is 14.2 Å². The van der Waals surface area contributed by atoms with Crippen LogP contribution in [-0.2, 0) is 18.3 Å². The second kappa shape index (κ2) is 7.35. The summed E-state index contributed by atoms with van der Waals surface area (Å²) in [7, 11) is 2.04. The summed E-state index contributed by atoms with van der Waals surface area (Å²) in [4.78, 5) is 0. The predicted molar refractivity (Wildman–Crippen MR) is 60.4 cm³/mol. The van der Waals surface area contributed by atoms with E-state index >= 15 is 0 Å². The zero-order chi connectivity index (χ0) is 11.1. The molecule has 1 rings (SSSR count). The van der Waals surface area contributed by atoms with Gasteiger partial charge in [-0.15, -0.1) is 0 Å². The lowest BCUT2D eigenvalue weighted by Gasteiger charge is -2.18. The van der Waals surface area contributed by atoms with Crippen molar-refractivity contribution in [1.29, 1.82) is 0 Å². The second-order valence-corrected chi connectivity index (χ2v) is 6.81. The largest absolute Gasteiger partial charge is 0.400 e. The van der Waals surface area contributed by atoms with Crippen LogP contribution >= 0.6 is 0 Å². The first-order chi connectivity index (χ1) is 7.27. The van der Waals surface area contributed by atoms with E-state index in [-0.39, 0.29) is 0 Å². The second-order valence-electron chi connectivity index (χ2n) is 3.99. The molecule has 0 bridgehead atoms. The van der Waals surface area contributed by atoms with Gasteiger partial charge in [-0.2, -0.15) is 0 Å². The Balaban J connectivity index is 1.92. The van der Waals surface area contributed by atoms with E-state index in [2.05, 4.69) is 6.92 Å². The Labute approximate surface area is 93.7 Å². The van der Waals surface area contributed by atoms with Gasteiger partial charge in [-0.3, -0.25) is 0 Å².